The lowest BCUT2D eigenvalue weighted by Crippen LogP contribution is -2.44. The average molecular weight is 201 g/mol. The van der Waals surface area contributed by atoms with E-state index in [1.165, 1.54) is 0 Å². The Labute approximate surface area is 80.3 Å². The molecule has 1 aliphatic rings. The molecule has 1 aromatic heterocycles. The molecule has 1 fully saturated rings. The van der Waals surface area contributed by atoms with Crippen LogP contribution in [0, 0.1) is 4.77 Å². The fraction of sp³-hybridized carbons (Fsp3) is 0.667. The molecule has 72 valence electrons. The monoisotopic (exact) mass is 201 g/mol. The third-order valence-corrected chi connectivity index (χ3v) is 2.21. The van der Waals surface area contributed by atoms with E-state index in [0.29, 0.717) is 23.9 Å². The van der Waals surface area contributed by atoms with E-state index < -0.39 is 0 Å². The summed E-state index contributed by atoms with van der Waals surface area (Å²) in [6.45, 7) is 2.98. The number of nitrogens with one attached hydrogen (secondary N) is 1. The first-order valence-corrected chi connectivity index (χ1v) is 4.46. The van der Waals surface area contributed by atoms with Gasteiger partial charge in [0.2, 0.25) is 10.7 Å². The summed E-state index contributed by atoms with van der Waals surface area (Å²) >= 11 is 5.04. The molecular weight excluding hydrogens is 190 g/mol. The van der Waals surface area contributed by atoms with Gasteiger partial charge in [-0.2, -0.15) is 4.68 Å². The van der Waals surface area contributed by atoms with Crippen molar-refractivity contribution in [2.45, 2.75) is 0 Å². The summed E-state index contributed by atoms with van der Waals surface area (Å²) in [6.07, 6.45) is 0. The van der Waals surface area contributed by atoms with Crippen LogP contribution in [0.3, 0.4) is 0 Å². The first-order valence-electron chi connectivity index (χ1n) is 4.05. The zero-order valence-corrected chi connectivity index (χ0v) is 7.88. The van der Waals surface area contributed by atoms with Gasteiger partial charge in [0, 0.05) is 0 Å². The van der Waals surface area contributed by atoms with Gasteiger partial charge in [0.15, 0.2) is 0 Å². The summed E-state index contributed by atoms with van der Waals surface area (Å²) in [7, 11) is 0. The molecule has 2 rings (SSSR count). The van der Waals surface area contributed by atoms with Gasteiger partial charge >= 0.3 is 0 Å². The van der Waals surface area contributed by atoms with Crippen LogP contribution < -0.4 is 10.7 Å². The number of ether oxygens (including phenoxy) is 1. The van der Waals surface area contributed by atoms with E-state index in [1.54, 1.807) is 4.68 Å². The van der Waals surface area contributed by atoms with Crippen LogP contribution in [-0.2, 0) is 4.74 Å². The van der Waals surface area contributed by atoms with E-state index in [-0.39, 0.29) is 0 Å². The Bertz CT molecular complexity index is 339. The van der Waals surface area contributed by atoms with Crippen molar-refractivity contribution in [2.24, 2.45) is 0 Å². The number of aromatic amines is 1. The highest BCUT2D eigenvalue weighted by Gasteiger charge is 2.14. The second-order valence-corrected chi connectivity index (χ2v) is 3.15. The van der Waals surface area contributed by atoms with Crippen molar-refractivity contribution in [3.63, 3.8) is 0 Å². The Hall–Kier alpha value is -1.08. The fourth-order valence-electron chi connectivity index (χ4n) is 1.33. The van der Waals surface area contributed by atoms with Gasteiger partial charge in [-0.3, -0.25) is 0 Å². The Kier molecular flexibility index (Phi) is 2.19. The van der Waals surface area contributed by atoms with Crippen molar-refractivity contribution in [1.29, 1.82) is 0 Å². The smallest absolute Gasteiger partial charge is 0.239 e. The average Bonchev–Trinajstić information content (AvgIpc) is 2.48. The van der Waals surface area contributed by atoms with Gasteiger partial charge in [-0.05, 0) is 12.2 Å². The molecule has 7 heteroatoms. The van der Waals surface area contributed by atoms with Crippen LogP contribution in [0.1, 0.15) is 0 Å². The summed E-state index contributed by atoms with van der Waals surface area (Å²) in [4.78, 5) is 0. The first-order chi connectivity index (χ1) is 6.29. The minimum absolute atomic E-state index is 0.395. The summed E-state index contributed by atoms with van der Waals surface area (Å²) in [5.41, 5.74) is 5.64. The van der Waals surface area contributed by atoms with E-state index >= 15 is 0 Å². The zero-order chi connectivity index (χ0) is 9.26. The van der Waals surface area contributed by atoms with E-state index in [2.05, 4.69) is 10.2 Å². The summed E-state index contributed by atoms with van der Waals surface area (Å²) in [6, 6.07) is 0. The minimum atomic E-state index is 0.395. The van der Waals surface area contributed by atoms with E-state index in [1.807, 2.05) is 5.01 Å². The molecular formula is C6H11N5OS. The predicted octanol–water partition coefficient (Wildman–Crippen LogP) is -0.509. The second-order valence-electron chi connectivity index (χ2n) is 2.76. The van der Waals surface area contributed by atoms with Crippen LogP contribution in [-0.4, -0.2) is 41.2 Å². The number of morpholine rings is 1. The molecule has 0 saturated carbocycles. The van der Waals surface area contributed by atoms with E-state index in [4.69, 9.17) is 22.7 Å². The zero-order valence-electron chi connectivity index (χ0n) is 7.06. The Morgan fingerprint density at radius 1 is 1.46 bits per heavy atom. The number of nitrogen functional groups attached to an aromatic ring is 1. The summed E-state index contributed by atoms with van der Waals surface area (Å²) < 4.78 is 7.45. The lowest BCUT2D eigenvalue weighted by molar-refractivity contribution is 0.111. The number of H-pyrrole nitrogens is 1. The number of hydrogen-bond donors (Lipinski definition) is 2. The van der Waals surface area contributed by atoms with Gasteiger partial charge in [0.1, 0.15) is 0 Å². The largest absolute Gasteiger partial charge is 0.378 e. The molecule has 1 aliphatic heterocycles. The number of rotatable bonds is 1. The molecule has 0 unspecified atom stereocenters. The quantitative estimate of drug-likeness (QED) is 0.599. The van der Waals surface area contributed by atoms with Crippen LogP contribution in [0.5, 0.6) is 0 Å². The third kappa shape index (κ3) is 1.52. The molecule has 0 aliphatic carbocycles. The van der Waals surface area contributed by atoms with Gasteiger partial charge in [0.05, 0.1) is 26.3 Å². The minimum Gasteiger partial charge on any atom is -0.378 e. The molecule has 1 aromatic rings. The molecule has 0 spiro atoms. The molecule has 0 atom stereocenters. The molecule has 0 bridgehead atoms. The van der Waals surface area contributed by atoms with E-state index in [0.717, 1.165) is 13.1 Å². The standard InChI is InChI=1S/C6H11N5OS/c7-5-8-9-6(13)11(5)10-1-3-12-4-2-10/h1-4H2,(H2,7,8)(H,9,13). The summed E-state index contributed by atoms with van der Waals surface area (Å²) in [5.74, 6) is 0.395. The van der Waals surface area contributed by atoms with Crippen molar-refractivity contribution < 1.29 is 4.74 Å². The molecule has 0 amide bonds. The number of hydrogen-bond acceptors (Lipinski definition) is 5. The fourth-order valence-corrected chi connectivity index (χ4v) is 1.59. The van der Waals surface area contributed by atoms with Crippen LogP contribution >= 0.6 is 12.2 Å². The molecule has 13 heavy (non-hydrogen) atoms. The highest BCUT2D eigenvalue weighted by atomic mass is 32.1. The van der Waals surface area contributed by atoms with Crippen molar-refractivity contribution in [3.05, 3.63) is 4.77 Å². The SMILES string of the molecule is Nc1n[nH]c(=S)n1N1CCOCC1. The summed E-state index contributed by atoms with van der Waals surface area (Å²) in [5, 5.41) is 8.49. The van der Waals surface area contributed by atoms with E-state index in [9.17, 15) is 0 Å². The van der Waals surface area contributed by atoms with Gasteiger partial charge < -0.3 is 15.5 Å². The molecule has 3 N–H and O–H groups in total. The first kappa shape index (κ1) is 8.52. The van der Waals surface area contributed by atoms with Gasteiger partial charge in [-0.1, -0.05) is 0 Å². The normalized spacial score (nSPS) is 17.7. The van der Waals surface area contributed by atoms with Crippen molar-refractivity contribution in [2.75, 3.05) is 37.0 Å². The Morgan fingerprint density at radius 2 is 2.15 bits per heavy atom. The molecule has 0 radical (unpaired) electrons. The lowest BCUT2D eigenvalue weighted by Gasteiger charge is -2.29. The molecule has 6 nitrogen and oxygen atoms in total. The maximum Gasteiger partial charge on any atom is 0.239 e. The van der Waals surface area contributed by atoms with Crippen molar-refractivity contribution in [3.8, 4) is 0 Å². The lowest BCUT2D eigenvalue weighted by atomic mass is 10.5. The predicted molar refractivity (Wildman–Crippen MR) is 50.6 cm³/mol. The number of aromatic nitrogens is 3. The second kappa shape index (κ2) is 3.35. The highest BCUT2D eigenvalue weighted by Crippen LogP contribution is 2.03. The van der Waals surface area contributed by atoms with Crippen LogP contribution in [0.25, 0.3) is 0 Å². The van der Waals surface area contributed by atoms with Crippen molar-refractivity contribution in [1.82, 2.24) is 14.9 Å². The van der Waals surface area contributed by atoms with Crippen molar-refractivity contribution >= 4 is 18.2 Å². The topological polar surface area (TPSA) is 72.1 Å². The van der Waals surface area contributed by atoms with Crippen LogP contribution in [0.4, 0.5) is 5.95 Å². The van der Waals surface area contributed by atoms with Crippen LogP contribution in [0.15, 0.2) is 0 Å². The molecule has 1 saturated heterocycles. The van der Waals surface area contributed by atoms with Gasteiger partial charge in [-0.15, -0.1) is 5.10 Å². The van der Waals surface area contributed by atoms with Gasteiger partial charge in [-0.25, -0.2) is 5.10 Å². The number of nitrogens with zero attached hydrogens (tertiary/aromatic N) is 3. The molecule has 2 heterocycles. The third-order valence-electron chi connectivity index (χ3n) is 1.95. The van der Waals surface area contributed by atoms with Gasteiger partial charge in [0.25, 0.3) is 0 Å². The van der Waals surface area contributed by atoms with Crippen LogP contribution in [0.2, 0.25) is 0 Å². The number of anilines is 1. The molecule has 0 aromatic carbocycles. The Balaban J connectivity index is 2.27. The Morgan fingerprint density at radius 3 is 2.69 bits per heavy atom. The highest BCUT2D eigenvalue weighted by molar-refractivity contribution is 7.71. The number of nitrogens with two attached hydrogens (primary N) is 1. The maximum atomic E-state index is 5.64. The maximum absolute atomic E-state index is 5.64.